The largest absolute Gasteiger partial charge is 0.497 e. The van der Waals surface area contributed by atoms with Gasteiger partial charge in [0.15, 0.2) is 0 Å². The standard InChI is InChI=1S/C22H28N2O3/c1-16-8-9-21(17(2)14-16)24(18(3)25)13-11-22(26)23-12-10-19-6-5-7-20(15-19)27-4/h5-9,14-15H,10-13H2,1-4H3,(H,23,26). The normalized spacial score (nSPS) is 10.4. The first-order chi connectivity index (χ1) is 12.9. The second-order valence-corrected chi connectivity index (χ2v) is 6.66. The summed E-state index contributed by atoms with van der Waals surface area (Å²) in [7, 11) is 1.64. The predicted octanol–water partition coefficient (Wildman–Crippen LogP) is 3.41. The van der Waals surface area contributed by atoms with Crippen LogP contribution in [0.15, 0.2) is 42.5 Å². The van der Waals surface area contributed by atoms with E-state index in [2.05, 4.69) is 5.32 Å². The summed E-state index contributed by atoms with van der Waals surface area (Å²) in [4.78, 5) is 25.9. The van der Waals surface area contributed by atoms with Gasteiger partial charge in [-0.25, -0.2) is 0 Å². The van der Waals surface area contributed by atoms with Crippen LogP contribution in [0, 0.1) is 13.8 Å². The summed E-state index contributed by atoms with van der Waals surface area (Å²) in [6.45, 7) is 6.44. The van der Waals surface area contributed by atoms with Crippen LogP contribution in [0.2, 0.25) is 0 Å². The van der Waals surface area contributed by atoms with Crippen LogP contribution in [-0.4, -0.2) is 32.0 Å². The molecule has 2 amide bonds. The Labute approximate surface area is 161 Å². The van der Waals surface area contributed by atoms with Crippen LogP contribution in [0.25, 0.3) is 0 Å². The summed E-state index contributed by atoms with van der Waals surface area (Å²) >= 11 is 0. The fourth-order valence-electron chi connectivity index (χ4n) is 3.03. The molecule has 27 heavy (non-hydrogen) atoms. The van der Waals surface area contributed by atoms with Crippen molar-refractivity contribution in [3.05, 3.63) is 59.2 Å². The maximum absolute atomic E-state index is 12.2. The summed E-state index contributed by atoms with van der Waals surface area (Å²) in [5.74, 6) is 0.685. The second kappa shape index (κ2) is 9.76. The molecule has 2 rings (SSSR count). The molecule has 1 N–H and O–H groups in total. The molecule has 0 fully saturated rings. The summed E-state index contributed by atoms with van der Waals surface area (Å²) < 4.78 is 5.20. The third-order valence-corrected chi connectivity index (χ3v) is 4.46. The van der Waals surface area contributed by atoms with E-state index >= 15 is 0 Å². The van der Waals surface area contributed by atoms with E-state index in [0.717, 1.165) is 34.5 Å². The maximum Gasteiger partial charge on any atom is 0.223 e. The Balaban J connectivity index is 1.86. The van der Waals surface area contributed by atoms with E-state index in [-0.39, 0.29) is 18.2 Å². The SMILES string of the molecule is COc1cccc(CCNC(=O)CCN(C(C)=O)c2ccc(C)cc2C)c1. The molecule has 0 aromatic heterocycles. The molecule has 2 aromatic carbocycles. The number of carbonyl (C=O) groups excluding carboxylic acids is 2. The summed E-state index contributed by atoms with van der Waals surface area (Å²) in [5.41, 5.74) is 4.14. The highest BCUT2D eigenvalue weighted by Gasteiger charge is 2.15. The van der Waals surface area contributed by atoms with E-state index in [9.17, 15) is 9.59 Å². The molecular weight excluding hydrogens is 340 g/mol. The van der Waals surface area contributed by atoms with Crippen LogP contribution in [0.4, 0.5) is 5.69 Å². The quantitative estimate of drug-likeness (QED) is 0.777. The minimum absolute atomic E-state index is 0.0612. The van der Waals surface area contributed by atoms with Gasteiger partial charge in [-0.2, -0.15) is 0 Å². The van der Waals surface area contributed by atoms with Gasteiger partial charge in [-0.05, 0) is 49.6 Å². The highest BCUT2D eigenvalue weighted by atomic mass is 16.5. The monoisotopic (exact) mass is 368 g/mol. The van der Waals surface area contributed by atoms with Crippen molar-refractivity contribution in [2.24, 2.45) is 0 Å². The third-order valence-electron chi connectivity index (χ3n) is 4.46. The molecule has 144 valence electrons. The predicted molar refractivity (Wildman–Crippen MR) is 108 cm³/mol. The van der Waals surface area contributed by atoms with Crippen LogP contribution in [0.1, 0.15) is 30.0 Å². The average molecular weight is 368 g/mol. The highest BCUT2D eigenvalue weighted by molar-refractivity contribution is 5.93. The van der Waals surface area contributed by atoms with Crippen molar-refractivity contribution in [3.63, 3.8) is 0 Å². The number of carbonyl (C=O) groups is 2. The number of aryl methyl sites for hydroxylation is 2. The molecule has 0 bridgehead atoms. The van der Waals surface area contributed by atoms with Crippen molar-refractivity contribution in [1.82, 2.24) is 5.32 Å². The van der Waals surface area contributed by atoms with Crippen LogP contribution in [0.5, 0.6) is 5.75 Å². The van der Waals surface area contributed by atoms with Gasteiger partial charge in [0.25, 0.3) is 0 Å². The van der Waals surface area contributed by atoms with Crippen molar-refractivity contribution >= 4 is 17.5 Å². The van der Waals surface area contributed by atoms with Gasteiger partial charge in [0, 0.05) is 32.1 Å². The third kappa shape index (κ3) is 6.13. The Hall–Kier alpha value is -2.82. The molecule has 5 nitrogen and oxygen atoms in total. The molecule has 2 aromatic rings. The lowest BCUT2D eigenvalue weighted by molar-refractivity contribution is -0.121. The first-order valence-corrected chi connectivity index (χ1v) is 9.15. The molecule has 0 radical (unpaired) electrons. The van der Waals surface area contributed by atoms with Gasteiger partial charge in [0.2, 0.25) is 11.8 Å². The molecule has 0 aliphatic heterocycles. The Morgan fingerprint density at radius 2 is 1.89 bits per heavy atom. The first-order valence-electron chi connectivity index (χ1n) is 9.15. The van der Waals surface area contributed by atoms with Gasteiger partial charge in [-0.15, -0.1) is 0 Å². The Kier molecular flexibility index (Phi) is 7.41. The van der Waals surface area contributed by atoms with Gasteiger partial charge in [-0.1, -0.05) is 29.8 Å². The lowest BCUT2D eigenvalue weighted by atomic mass is 10.1. The van der Waals surface area contributed by atoms with Crippen molar-refractivity contribution in [3.8, 4) is 5.75 Å². The molecule has 5 heteroatoms. The second-order valence-electron chi connectivity index (χ2n) is 6.66. The van der Waals surface area contributed by atoms with Crippen LogP contribution in [0.3, 0.4) is 0 Å². The number of amides is 2. The number of hydrogen-bond donors (Lipinski definition) is 1. The van der Waals surface area contributed by atoms with E-state index < -0.39 is 0 Å². The molecule has 0 spiro atoms. The molecule has 0 aliphatic carbocycles. The Morgan fingerprint density at radius 3 is 2.56 bits per heavy atom. The maximum atomic E-state index is 12.2. The minimum atomic E-state index is -0.0638. The fourth-order valence-corrected chi connectivity index (χ4v) is 3.03. The van der Waals surface area contributed by atoms with Gasteiger partial charge in [0.1, 0.15) is 5.75 Å². The lowest BCUT2D eigenvalue weighted by Gasteiger charge is -2.23. The minimum Gasteiger partial charge on any atom is -0.497 e. The van der Waals surface area contributed by atoms with E-state index in [0.29, 0.717) is 13.1 Å². The Bertz CT molecular complexity index is 802. The number of nitrogens with one attached hydrogen (secondary N) is 1. The number of hydrogen-bond acceptors (Lipinski definition) is 3. The van der Waals surface area contributed by atoms with Crippen molar-refractivity contribution in [1.29, 1.82) is 0 Å². The molecule has 0 heterocycles. The molecule has 0 atom stereocenters. The van der Waals surface area contributed by atoms with Crippen molar-refractivity contribution < 1.29 is 14.3 Å². The van der Waals surface area contributed by atoms with Gasteiger partial charge >= 0.3 is 0 Å². The molecule has 0 saturated heterocycles. The van der Waals surface area contributed by atoms with E-state index in [1.165, 1.54) is 6.92 Å². The van der Waals surface area contributed by atoms with Gasteiger partial charge < -0.3 is 15.0 Å². The highest BCUT2D eigenvalue weighted by Crippen LogP contribution is 2.21. The lowest BCUT2D eigenvalue weighted by Crippen LogP contribution is -2.34. The fraction of sp³-hybridized carbons (Fsp3) is 0.364. The smallest absolute Gasteiger partial charge is 0.223 e. The summed E-state index contributed by atoms with van der Waals surface area (Å²) in [6.07, 6.45) is 1.00. The molecule has 0 aliphatic rings. The van der Waals surface area contributed by atoms with Crippen LogP contribution < -0.4 is 15.0 Å². The summed E-state index contributed by atoms with van der Waals surface area (Å²) in [6, 6.07) is 13.8. The number of methoxy groups -OCH3 is 1. The molecular formula is C22H28N2O3. The zero-order valence-electron chi connectivity index (χ0n) is 16.5. The van der Waals surface area contributed by atoms with E-state index in [1.807, 2.05) is 56.3 Å². The number of benzene rings is 2. The summed E-state index contributed by atoms with van der Waals surface area (Å²) in [5, 5.41) is 2.92. The number of rotatable bonds is 8. The number of nitrogens with zero attached hydrogens (tertiary/aromatic N) is 1. The number of anilines is 1. The Morgan fingerprint density at radius 1 is 1.11 bits per heavy atom. The van der Waals surface area contributed by atoms with Crippen LogP contribution in [-0.2, 0) is 16.0 Å². The molecule has 0 saturated carbocycles. The molecule has 0 unspecified atom stereocenters. The number of ether oxygens (including phenoxy) is 1. The van der Waals surface area contributed by atoms with E-state index in [4.69, 9.17) is 4.74 Å². The van der Waals surface area contributed by atoms with Crippen LogP contribution >= 0.6 is 0 Å². The topological polar surface area (TPSA) is 58.6 Å². The van der Waals surface area contributed by atoms with E-state index in [1.54, 1.807) is 12.0 Å². The zero-order chi connectivity index (χ0) is 19.8. The van der Waals surface area contributed by atoms with Crippen molar-refractivity contribution in [2.45, 2.75) is 33.6 Å². The van der Waals surface area contributed by atoms with Crippen molar-refractivity contribution in [2.75, 3.05) is 25.1 Å². The van der Waals surface area contributed by atoms with Gasteiger partial charge in [0.05, 0.1) is 7.11 Å². The van der Waals surface area contributed by atoms with Gasteiger partial charge in [-0.3, -0.25) is 9.59 Å². The zero-order valence-corrected chi connectivity index (χ0v) is 16.5. The average Bonchev–Trinajstić information content (AvgIpc) is 2.63. The first kappa shape index (κ1) is 20.5.